The van der Waals surface area contributed by atoms with Crippen LogP contribution in [0.15, 0.2) is 24.3 Å². The summed E-state index contributed by atoms with van der Waals surface area (Å²) in [5.74, 6) is 2.66. The van der Waals surface area contributed by atoms with Crippen LogP contribution in [0.5, 0.6) is 0 Å². The van der Waals surface area contributed by atoms with E-state index in [1.54, 1.807) is 0 Å². The van der Waals surface area contributed by atoms with E-state index >= 15 is 0 Å². The van der Waals surface area contributed by atoms with Crippen molar-refractivity contribution < 1.29 is 4.79 Å². The number of fused-ring (bicyclic) bond motifs is 2. The average Bonchev–Trinajstić information content (AvgIpc) is 2.98. The van der Waals surface area contributed by atoms with E-state index in [4.69, 9.17) is 0 Å². The molecule has 96 valence electrons. The van der Waals surface area contributed by atoms with Crippen molar-refractivity contribution in [2.45, 2.75) is 32.6 Å². The van der Waals surface area contributed by atoms with Gasteiger partial charge in [0.25, 0.3) is 5.91 Å². The summed E-state index contributed by atoms with van der Waals surface area (Å²) in [6.07, 6.45) is 5.55. The van der Waals surface area contributed by atoms with E-state index in [1.165, 1.54) is 25.7 Å². The maximum absolute atomic E-state index is 12.0. The second-order valence-corrected chi connectivity index (χ2v) is 6.01. The van der Waals surface area contributed by atoms with E-state index in [1.807, 2.05) is 31.2 Å². The summed E-state index contributed by atoms with van der Waals surface area (Å²) in [6.45, 7) is 2.89. The lowest BCUT2D eigenvalue weighted by atomic mass is 9.89. The summed E-state index contributed by atoms with van der Waals surface area (Å²) < 4.78 is 0. The molecule has 0 saturated heterocycles. The van der Waals surface area contributed by atoms with Crippen molar-refractivity contribution in [3.63, 3.8) is 0 Å². The number of rotatable bonds is 3. The Labute approximate surface area is 109 Å². The number of amides is 1. The number of hydrogen-bond acceptors (Lipinski definition) is 1. The van der Waals surface area contributed by atoms with E-state index in [9.17, 15) is 4.79 Å². The van der Waals surface area contributed by atoms with Gasteiger partial charge in [0.15, 0.2) is 0 Å². The lowest BCUT2D eigenvalue weighted by molar-refractivity contribution is 0.0941. The quantitative estimate of drug-likeness (QED) is 0.868. The number of carbonyl (C=O) groups excluding carboxylic acids is 1. The van der Waals surface area contributed by atoms with Crippen molar-refractivity contribution in [1.29, 1.82) is 0 Å². The molecule has 18 heavy (non-hydrogen) atoms. The van der Waals surface area contributed by atoms with Crippen LogP contribution in [-0.2, 0) is 0 Å². The number of nitrogens with one attached hydrogen (secondary N) is 1. The first-order valence-corrected chi connectivity index (χ1v) is 7.07. The maximum Gasteiger partial charge on any atom is 0.251 e. The van der Waals surface area contributed by atoms with E-state index in [2.05, 4.69) is 5.32 Å². The molecule has 2 heteroatoms. The summed E-state index contributed by atoms with van der Waals surface area (Å²) in [5, 5.41) is 3.11. The van der Waals surface area contributed by atoms with Gasteiger partial charge in [-0.2, -0.15) is 0 Å². The van der Waals surface area contributed by atoms with Gasteiger partial charge in [0, 0.05) is 12.1 Å². The average molecular weight is 243 g/mol. The van der Waals surface area contributed by atoms with E-state index in [0.717, 1.165) is 35.4 Å². The lowest BCUT2D eigenvalue weighted by Gasteiger charge is -2.21. The van der Waals surface area contributed by atoms with Gasteiger partial charge in [0.05, 0.1) is 0 Å². The SMILES string of the molecule is Cc1cccc(C(=O)NC[C@H]2C[C@@H]3CC[C@@H]2C3)c1. The summed E-state index contributed by atoms with van der Waals surface area (Å²) >= 11 is 0. The summed E-state index contributed by atoms with van der Waals surface area (Å²) in [4.78, 5) is 12.0. The minimum absolute atomic E-state index is 0.0847. The first kappa shape index (κ1) is 11.8. The standard InChI is InChI=1S/C16H21NO/c1-11-3-2-4-14(7-11)16(18)17-10-15-9-12-5-6-13(15)8-12/h2-4,7,12-13,15H,5-6,8-10H2,1H3,(H,17,18)/t12-,13-,15-/m1/s1. The molecule has 3 atom stereocenters. The fraction of sp³-hybridized carbons (Fsp3) is 0.562. The highest BCUT2D eigenvalue weighted by molar-refractivity contribution is 5.94. The number of aryl methyl sites for hydroxylation is 1. The Hall–Kier alpha value is -1.31. The number of hydrogen-bond donors (Lipinski definition) is 1. The molecule has 1 amide bonds. The minimum atomic E-state index is 0.0847. The summed E-state index contributed by atoms with van der Waals surface area (Å²) in [5.41, 5.74) is 1.93. The van der Waals surface area contributed by atoms with Crippen molar-refractivity contribution >= 4 is 5.91 Å². The van der Waals surface area contributed by atoms with Crippen LogP contribution in [0.3, 0.4) is 0 Å². The van der Waals surface area contributed by atoms with Crippen LogP contribution < -0.4 is 5.32 Å². The highest BCUT2D eigenvalue weighted by Crippen LogP contribution is 2.47. The zero-order chi connectivity index (χ0) is 12.5. The van der Waals surface area contributed by atoms with Gasteiger partial charge >= 0.3 is 0 Å². The molecule has 1 aromatic rings. The van der Waals surface area contributed by atoms with Crippen molar-refractivity contribution in [1.82, 2.24) is 5.32 Å². The topological polar surface area (TPSA) is 29.1 Å². The molecule has 2 bridgehead atoms. The second kappa shape index (κ2) is 4.75. The summed E-state index contributed by atoms with van der Waals surface area (Å²) in [6, 6.07) is 7.81. The molecule has 2 aliphatic rings. The Kier molecular flexibility index (Phi) is 3.11. The molecule has 2 nitrogen and oxygen atoms in total. The Bertz CT molecular complexity index is 454. The molecule has 2 saturated carbocycles. The van der Waals surface area contributed by atoms with Gasteiger partial charge in [-0.3, -0.25) is 4.79 Å². The molecule has 0 aromatic heterocycles. The monoisotopic (exact) mass is 243 g/mol. The van der Waals surface area contributed by atoms with Gasteiger partial charge in [-0.05, 0) is 56.1 Å². The highest BCUT2D eigenvalue weighted by atomic mass is 16.1. The van der Waals surface area contributed by atoms with Crippen molar-refractivity contribution in [2.75, 3.05) is 6.54 Å². The molecule has 1 N–H and O–H groups in total. The Balaban J connectivity index is 1.56. The maximum atomic E-state index is 12.0. The number of carbonyl (C=O) groups is 1. The van der Waals surface area contributed by atoms with Gasteiger partial charge in [-0.1, -0.05) is 24.1 Å². The third-order valence-electron chi connectivity index (χ3n) is 4.69. The smallest absolute Gasteiger partial charge is 0.251 e. The second-order valence-electron chi connectivity index (χ2n) is 6.01. The first-order valence-electron chi connectivity index (χ1n) is 7.07. The van der Waals surface area contributed by atoms with Crippen molar-refractivity contribution in [3.8, 4) is 0 Å². The van der Waals surface area contributed by atoms with Gasteiger partial charge in [-0.25, -0.2) is 0 Å². The molecule has 0 spiro atoms. The van der Waals surface area contributed by atoms with Gasteiger partial charge in [-0.15, -0.1) is 0 Å². The van der Waals surface area contributed by atoms with Crippen LogP contribution in [0.25, 0.3) is 0 Å². The molecule has 0 unspecified atom stereocenters. The molecule has 2 fully saturated rings. The first-order chi connectivity index (χ1) is 8.72. The minimum Gasteiger partial charge on any atom is -0.352 e. The molecular formula is C16H21NO. The molecular weight excluding hydrogens is 222 g/mol. The van der Waals surface area contributed by atoms with Gasteiger partial charge < -0.3 is 5.32 Å². The zero-order valence-electron chi connectivity index (χ0n) is 11.0. The third-order valence-corrected chi connectivity index (χ3v) is 4.69. The van der Waals surface area contributed by atoms with Crippen molar-refractivity contribution in [2.24, 2.45) is 17.8 Å². The Morgan fingerprint density at radius 1 is 1.33 bits per heavy atom. The predicted octanol–water partition coefficient (Wildman–Crippen LogP) is 3.16. The van der Waals surface area contributed by atoms with Crippen LogP contribution in [0, 0.1) is 24.7 Å². The fourth-order valence-electron chi connectivity index (χ4n) is 3.74. The third kappa shape index (κ3) is 2.29. The molecule has 0 aliphatic heterocycles. The van der Waals surface area contributed by atoms with Crippen LogP contribution in [-0.4, -0.2) is 12.5 Å². The van der Waals surface area contributed by atoms with Crippen LogP contribution >= 0.6 is 0 Å². The van der Waals surface area contributed by atoms with Gasteiger partial charge in [0.1, 0.15) is 0 Å². The Morgan fingerprint density at radius 2 is 2.22 bits per heavy atom. The Morgan fingerprint density at radius 3 is 2.89 bits per heavy atom. The molecule has 3 rings (SSSR count). The zero-order valence-corrected chi connectivity index (χ0v) is 11.0. The predicted molar refractivity (Wildman–Crippen MR) is 72.5 cm³/mol. The van der Waals surface area contributed by atoms with Crippen LogP contribution in [0.2, 0.25) is 0 Å². The number of benzene rings is 1. The lowest BCUT2D eigenvalue weighted by Crippen LogP contribution is -2.31. The molecule has 1 aromatic carbocycles. The molecule has 0 radical (unpaired) electrons. The van der Waals surface area contributed by atoms with Gasteiger partial charge in [0.2, 0.25) is 0 Å². The largest absolute Gasteiger partial charge is 0.352 e. The normalized spacial score (nSPS) is 29.5. The van der Waals surface area contributed by atoms with Crippen molar-refractivity contribution in [3.05, 3.63) is 35.4 Å². The van der Waals surface area contributed by atoms with E-state index in [-0.39, 0.29) is 5.91 Å². The molecule has 2 aliphatic carbocycles. The summed E-state index contributed by atoms with van der Waals surface area (Å²) in [7, 11) is 0. The highest BCUT2D eigenvalue weighted by Gasteiger charge is 2.39. The van der Waals surface area contributed by atoms with E-state index < -0.39 is 0 Å². The van der Waals surface area contributed by atoms with E-state index in [0.29, 0.717) is 0 Å². The molecule has 0 heterocycles. The van der Waals surface area contributed by atoms with Crippen LogP contribution in [0.1, 0.15) is 41.6 Å². The fourth-order valence-corrected chi connectivity index (χ4v) is 3.74. The van der Waals surface area contributed by atoms with Crippen LogP contribution in [0.4, 0.5) is 0 Å².